The second-order valence-electron chi connectivity index (χ2n) is 1.44. The van der Waals surface area contributed by atoms with E-state index in [0.717, 1.165) is 0 Å². The van der Waals surface area contributed by atoms with Crippen molar-refractivity contribution in [1.29, 1.82) is 0 Å². The lowest BCUT2D eigenvalue weighted by Crippen LogP contribution is -2.12. The van der Waals surface area contributed by atoms with E-state index < -0.39 is 0 Å². The largest absolute Gasteiger partial charge is 0.378 e. The van der Waals surface area contributed by atoms with Gasteiger partial charge in [-0.05, 0) is 0 Å². The van der Waals surface area contributed by atoms with Crippen LogP contribution in [0.2, 0.25) is 0 Å². The average molecular weight is 135 g/mol. The standard InChI is InChI=1S/C5H13NO3/c6-1-2-8-3-4-9-5-7/h7H,1-6H2. The molecule has 0 rings (SSSR count). The van der Waals surface area contributed by atoms with E-state index >= 15 is 0 Å². The van der Waals surface area contributed by atoms with Crippen LogP contribution < -0.4 is 5.73 Å². The summed E-state index contributed by atoms with van der Waals surface area (Å²) in [4.78, 5) is 0. The minimum atomic E-state index is -0.244. The molecule has 0 atom stereocenters. The summed E-state index contributed by atoms with van der Waals surface area (Å²) in [6.07, 6.45) is 0. The van der Waals surface area contributed by atoms with E-state index in [1.54, 1.807) is 0 Å². The van der Waals surface area contributed by atoms with Crippen molar-refractivity contribution in [2.24, 2.45) is 5.73 Å². The summed E-state index contributed by atoms with van der Waals surface area (Å²) in [6.45, 7) is 1.76. The molecule has 4 heteroatoms. The van der Waals surface area contributed by atoms with Gasteiger partial charge in [-0.2, -0.15) is 0 Å². The molecule has 0 radical (unpaired) electrons. The summed E-state index contributed by atoms with van der Waals surface area (Å²) in [7, 11) is 0. The minimum absolute atomic E-state index is 0.244. The quantitative estimate of drug-likeness (QED) is 0.359. The molecule has 0 aliphatic rings. The monoisotopic (exact) mass is 135 g/mol. The maximum absolute atomic E-state index is 8.12. The molecular formula is C5H13NO3. The Kier molecular flexibility index (Phi) is 7.70. The summed E-state index contributed by atoms with van der Waals surface area (Å²) in [5.41, 5.74) is 5.13. The lowest BCUT2D eigenvalue weighted by molar-refractivity contribution is -0.0282. The zero-order chi connectivity index (χ0) is 6.95. The summed E-state index contributed by atoms with van der Waals surface area (Å²) in [6, 6.07) is 0. The van der Waals surface area contributed by atoms with Crippen LogP contribution in [0.4, 0.5) is 0 Å². The Balaban J connectivity index is 2.60. The Bertz CT molecular complexity index is 45.5. The molecule has 0 aromatic carbocycles. The van der Waals surface area contributed by atoms with E-state index in [1.165, 1.54) is 0 Å². The Labute approximate surface area is 54.6 Å². The fourth-order valence-electron chi connectivity index (χ4n) is 0.368. The van der Waals surface area contributed by atoms with Crippen LogP contribution in [-0.4, -0.2) is 38.3 Å². The fourth-order valence-corrected chi connectivity index (χ4v) is 0.368. The van der Waals surface area contributed by atoms with Gasteiger partial charge in [0.2, 0.25) is 0 Å². The molecule has 0 heterocycles. The zero-order valence-corrected chi connectivity index (χ0v) is 5.38. The third-order valence-electron chi connectivity index (χ3n) is 0.725. The topological polar surface area (TPSA) is 64.7 Å². The van der Waals surface area contributed by atoms with Crippen molar-refractivity contribution in [3.8, 4) is 0 Å². The maximum Gasteiger partial charge on any atom is 0.143 e. The van der Waals surface area contributed by atoms with Crippen molar-refractivity contribution >= 4 is 0 Å². The molecule has 0 fully saturated rings. The number of hydrogen-bond acceptors (Lipinski definition) is 4. The van der Waals surface area contributed by atoms with Gasteiger partial charge < -0.3 is 20.3 Å². The molecule has 3 N–H and O–H groups in total. The molecule has 9 heavy (non-hydrogen) atoms. The molecule has 0 aromatic heterocycles. The van der Waals surface area contributed by atoms with E-state index in [2.05, 4.69) is 4.74 Å². The second kappa shape index (κ2) is 7.84. The molecule has 56 valence electrons. The van der Waals surface area contributed by atoms with Gasteiger partial charge in [0, 0.05) is 6.54 Å². The van der Waals surface area contributed by atoms with Crippen molar-refractivity contribution in [2.45, 2.75) is 0 Å². The van der Waals surface area contributed by atoms with Crippen molar-refractivity contribution in [3.05, 3.63) is 0 Å². The average Bonchev–Trinajstić information content (AvgIpc) is 1.89. The molecule has 0 spiro atoms. The first kappa shape index (κ1) is 8.84. The summed E-state index contributed by atoms with van der Waals surface area (Å²) in [5, 5.41) is 8.12. The molecule has 0 aliphatic heterocycles. The second-order valence-corrected chi connectivity index (χ2v) is 1.44. The SMILES string of the molecule is NCCOCCOCO. The Hall–Kier alpha value is -0.160. The fraction of sp³-hybridized carbons (Fsp3) is 1.00. The first-order valence-corrected chi connectivity index (χ1v) is 2.88. The van der Waals surface area contributed by atoms with Crippen molar-refractivity contribution in [3.63, 3.8) is 0 Å². The Morgan fingerprint density at radius 3 is 2.33 bits per heavy atom. The number of aliphatic hydroxyl groups is 1. The molecule has 0 saturated heterocycles. The van der Waals surface area contributed by atoms with Gasteiger partial charge in [0.05, 0.1) is 19.8 Å². The highest BCUT2D eigenvalue weighted by atomic mass is 16.6. The van der Waals surface area contributed by atoms with Crippen LogP contribution in [-0.2, 0) is 9.47 Å². The molecule has 0 bridgehead atoms. The van der Waals surface area contributed by atoms with Crippen LogP contribution in [0.5, 0.6) is 0 Å². The predicted octanol–water partition coefficient (Wildman–Crippen LogP) is -1.07. The van der Waals surface area contributed by atoms with E-state index in [4.69, 9.17) is 15.6 Å². The van der Waals surface area contributed by atoms with Crippen LogP contribution in [0.15, 0.2) is 0 Å². The van der Waals surface area contributed by atoms with Crippen molar-refractivity contribution < 1.29 is 14.6 Å². The van der Waals surface area contributed by atoms with Crippen LogP contribution in [0, 0.1) is 0 Å². The summed E-state index contributed by atoms with van der Waals surface area (Å²) >= 11 is 0. The van der Waals surface area contributed by atoms with Crippen molar-refractivity contribution in [1.82, 2.24) is 0 Å². The first-order chi connectivity index (χ1) is 4.41. The van der Waals surface area contributed by atoms with Crippen LogP contribution >= 0.6 is 0 Å². The van der Waals surface area contributed by atoms with Gasteiger partial charge in [-0.1, -0.05) is 0 Å². The van der Waals surface area contributed by atoms with Crippen LogP contribution in [0.1, 0.15) is 0 Å². The molecule has 0 unspecified atom stereocenters. The summed E-state index contributed by atoms with van der Waals surface area (Å²) in [5.74, 6) is 0. The molecule has 0 saturated carbocycles. The number of aliphatic hydroxyl groups excluding tert-OH is 1. The number of hydrogen-bond donors (Lipinski definition) is 2. The van der Waals surface area contributed by atoms with Gasteiger partial charge >= 0.3 is 0 Å². The molecule has 0 aliphatic carbocycles. The predicted molar refractivity (Wildman–Crippen MR) is 32.9 cm³/mol. The normalized spacial score (nSPS) is 10.0. The van der Waals surface area contributed by atoms with Gasteiger partial charge in [0.15, 0.2) is 0 Å². The van der Waals surface area contributed by atoms with Gasteiger partial charge in [0.1, 0.15) is 6.79 Å². The lowest BCUT2D eigenvalue weighted by Gasteiger charge is -2.00. The Morgan fingerprint density at radius 2 is 1.78 bits per heavy atom. The number of ether oxygens (including phenoxy) is 2. The van der Waals surface area contributed by atoms with Crippen molar-refractivity contribution in [2.75, 3.05) is 33.2 Å². The maximum atomic E-state index is 8.12. The minimum Gasteiger partial charge on any atom is -0.378 e. The van der Waals surface area contributed by atoms with Crippen LogP contribution in [0.3, 0.4) is 0 Å². The highest BCUT2D eigenvalue weighted by Gasteiger charge is 1.84. The first-order valence-electron chi connectivity index (χ1n) is 2.88. The molecule has 0 aromatic rings. The lowest BCUT2D eigenvalue weighted by atomic mass is 10.7. The van der Waals surface area contributed by atoms with Gasteiger partial charge in [-0.3, -0.25) is 0 Å². The Morgan fingerprint density at radius 1 is 1.11 bits per heavy atom. The molecular weight excluding hydrogens is 122 g/mol. The van der Waals surface area contributed by atoms with E-state index in [1.807, 2.05) is 0 Å². The number of nitrogens with two attached hydrogens (primary N) is 1. The van der Waals surface area contributed by atoms with E-state index in [-0.39, 0.29) is 6.79 Å². The smallest absolute Gasteiger partial charge is 0.143 e. The van der Waals surface area contributed by atoms with Gasteiger partial charge in [-0.25, -0.2) is 0 Å². The van der Waals surface area contributed by atoms with Crippen LogP contribution in [0.25, 0.3) is 0 Å². The van der Waals surface area contributed by atoms with Gasteiger partial charge in [0.25, 0.3) is 0 Å². The molecule has 4 nitrogen and oxygen atoms in total. The van der Waals surface area contributed by atoms with Gasteiger partial charge in [-0.15, -0.1) is 0 Å². The van der Waals surface area contributed by atoms with E-state index in [0.29, 0.717) is 26.4 Å². The third kappa shape index (κ3) is 7.84. The zero-order valence-electron chi connectivity index (χ0n) is 5.38. The third-order valence-corrected chi connectivity index (χ3v) is 0.725. The number of rotatable bonds is 6. The highest BCUT2D eigenvalue weighted by Crippen LogP contribution is 1.74. The molecule has 0 amide bonds. The highest BCUT2D eigenvalue weighted by molar-refractivity contribution is 4.30. The summed E-state index contributed by atoms with van der Waals surface area (Å²) < 4.78 is 9.49. The van der Waals surface area contributed by atoms with E-state index in [9.17, 15) is 0 Å².